The molecule has 0 radical (unpaired) electrons. The molecule has 1 amide bonds. The van der Waals surface area contributed by atoms with Crippen molar-refractivity contribution in [3.8, 4) is 34.4 Å². The first-order valence-electron chi connectivity index (χ1n) is 11.3. The van der Waals surface area contributed by atoms with E-state index in [-0.39, 0.29) is 6.54 Å². The quantitative estimate of drug-likeness (QED) is 0.309. The molecule has 1 aliphatic rings. The third-order valence-corrected chi connectivity index (χ3v) is 6.24. The van der Waals surface area contributed by atoms with Crippen LogP contribution in [0.2, 0.25) is 0 Å². The zero-order chi connectivity index (χ0) is 24.7. The van der Waals surface area contributed by atoms with Gasteiger partial charge in [0.05, 0.1) is 41.4 Å². The molecule has 0 aliphatic carbocycles. The van der Waals surface area contributed by atoms with Crippen molar-refractivity contribution in [2.45, 2.75) is 39.5 Å². The number of halogens is 1. The zero-order valence-electron chi connectivity index (χ0n) is 19.7. The largest absolute Gasteiger partial charge is 0.444 e. The number of rotatable bonds is 3. The maximum atomic E-state index is 12.3. The highest BCUT2D eigenvalue weighted by Gasteiger charge is 2.25. The number of alkyl carbamates (subject to hydrolysis) is 1. The van der Waals surface area contributed by atoms with Crippen LogP contribution in [0.5, 0.6) is 0 Å². The number of carbonyl (C=O) groups is 1. The standard InChI is InChI=1S/C27H24BrN5O2/c1-27(2,3)35-26(34)31-14-22-13-30-25-24-11-19(18-6-4-17(12-29)5-7-18)15-32(24)16-20-10-21(28)8-9-23(20)33(22)25/h4-11,13,15H,14,16H2,1-3H3,(H,31,34). The fourth-order valence-electron chi connectivity index (χ4n) is 4.24. The van der Waals surface area contributed by atoms with E-state index < -0.39 is 11.7 Å². The molecule has 35 heavy (non-hydrogen) atoms. The molecule has 0 unspecified atom stereocenters. The summed E-state index contributed by atoms with van der Waals surface area (Å²) in [6, 6.07) is 18.0. The van der Waals surface area contributed by atoms with Crippen LogP contribution in [0.4, 0.5) is 4.79 Å². The van der Waals surface area contributed by atoms with E-state index in [0.717, 1.165) is 44.1 Å². The minimum Gasteiger partial charge on any atom is -0.444 e. The molecule has 0 saturated carbocycles. The fourth-order valence-corrected chi connectivity index (χ4v) is 4.65. The molecule has 2 aromatic heterocycles. The summed E-state index contributed by atoms with van der Waals surface area (Å²) in [5.74, 6) is 0.798. The summed E-state index contributed by atoms with van der Waals surface area (Å²) in [4.78, 5) is 17.1. The van der Waals surface area contributed by atoms with Gasteiger partial charge in [-0.1, -0.05) is 28.1 Å². The van der Waals surface area contributed by atoms with Crippen molar-refractivity contribution >= 4 is 22.0 Å². The van der Waals surface area contributed by atoms with Gasteiger partial charge in [-0.2, -0.15) is 5.26 Å². The van der Waals surface area contributed by atoms with Crippen LogP contribution in [0.3, 0.4) is 0 Å². The zero-order valence-corrected chi connectivity index (χ0v) is 21.3. The van der Waals surface area contributed by atoms with E-state index in [2.05, 4.69) is 60.8 Å². The number of fused-ring (bicyclic) bond motifs is 5. The summed E-state index contributed by atoms with van der Waals surface area (Å²) in [6.45, 7) is 6.46. The van der Waals surface area contributed by atoms with Crippen LogP contribution < -0.4 is 5.32 Å². The molecular weight excluding hydrogens is 506 g/mol. The number of nitrogens with zero attached hydrogens (tertiary/aromatic N) is 4. The third-order valence-electron chi connectivity index (χ3n) is 5.74. The molecule has 0 fully saturated rings. The van der Waals surface area contributed by atoms with Crippen molar-refractivity contribution in [3.63, 3.8) is 0 Å². The molecule has 176 valence electrons. The minimum absolute atomic E-state index is 0.278. The van der Waals surface area contributed by atoms with E-state index in [1.54, 1.807) is 6.20 Å². The van der Waals surface area contributed by atoms with E-state index in [4.69, 9.17) is 15.0 Å². The average molecular weight is 530 g/mol. The van der Waals surface area contributed by atoms with Gasteiger partial charge in [-0.25, -0.2) is 9.78 Å². The number of carbonyl (C=O) groups excluding carboxylic acids is 1. The topological polar surface area (TPSA) is 84.9 Å². The van der Waals surface area contributed by atoms with Crippen molar-refractivity contribution in [3.05, 3.63) is 82.2 Å². The normalized spacial score (nSPS) is 12.1. The van der Waals surface area contributed by atoms with Crippen molar-refractivity contribution in [1.82, 2.24) is 19.4 Å². The van der Waals surface area contributed by atoms with Gasteiger partial charge in [0.15, 0.2) is 5.82 Å². The maximum absolute atomic E-state index is 12.3. The summed E-state index contributed by atoms with van der Waals surface area (Å²) >= 11 is 3.60. The Balaban J connectivity index is 1.57. The number of nitrogens with one attached hydrogen (secondary N) is 1. The number of benzene rings is 2. The van der Waals surface area contributed by atoms with Crippen LogP contribution in [0, 0.1) is 11.3 Å². The Kier molecular flexibility index (Phi) is 5.73. The predicted molar refractivity (Wildman–Crippen MR) is 137 cm³/mol. The molecule has 2 aromatic carbocycles. The number of hydrogen-bond donors (Lipinski definition) is 1. The van der Waals surface area contributed by atoms with Crippen molar-refractivity contribution in [2.24, 2.45) is 0 Å². The monoisotopic (exact) mass is 529 g/mol. The molecule has 0 atom stereocenters. The third kappa shape index (κ3) is 4.60. The molecule has 8 heteroatoms. The summed E-state index contributed by atoms with van der Waals surface area (Å²) in [6.07, 6.45) is 3.44. The predicted octanol–water partition coefficient (Wildman–Crippen LogP) is 6.03. The number of imidazole rings is 1. The molecule has 0 spiro atoms. The van der Waals surface area contributed by atoms with E-state index in [0.29, 0.717) is 12.1 Å². The summed E-state index contributed by atoms with van der Waals surface area (Å²) in [7, 11) is 0. The molecule has 1 N–H and O–H groups in total. The molecule has 4 aromatic rings. The highest BCUT2D eigenvalue weighted by Crippen LogP contribution is 2.36. The van der Waals surface area contributed by atoms with Crippen molar-refractivity contribution < 1.29 is 9.53 Å². The molecule has 0 bridgehead atoms. The lowest BCUT2D eigenvalue weighted by molar-refractivity contribution is 0.0522. The van der Waals surface area contributed by atoms with Gasteiger partial charge in [0.25, 0.3) is 0 Å². The van der Waals surface area contributed by atoms with E-state index in [1.807, 2.05) is 51.1 Å². The Morgan fingerprint density at radius 2 is 1.94 bits per heavy atom. The van der Waals surface area contributed by atoms with Gasteiger partial charge < -0.3 is 14.6 Å². The van der Waals surface area contributed by atoms with Gasteiger partial charge in [0, 0.05) is 22.8 Å². The molecule has 5 rings (SSSR count). The lowest BCUT2D eigenvalue weighted by atomic mass is 10.1. The highest BCUT2D eigenvalue weighted by molar-refractivity contribution is 9.10. The Morgan fingerprint density at radius 1 is 1.17 bits per heavy atom. The van der Waals surface area contributed by atoms with Gasteiger partial charge in [-0.3, -0.25) is 4.57 Å². The van der Waals surface area contributed by atoms with Crippen molar-refractivity contribution in [1.29, 1.82) is 5.26 Å². The summed E-state index contributed by atoms with van der Waals surface area (Å²) < 4.78 is 10.7. The first-order valence-corrected chi connectivity index (χ1v) is 12.0. The maximum Gasteiger partial charge on any atom is 0.407 e. The number of aromatic nitrogens is 3. The lowest BCUT2D eigenvalue weighted by Crippen LogP contribution is -2.32. The van der Waals surface area contributed by atoms with E-state index in [1.165, 1.54) is 0 Å². The van der Waals surface area contributed by atoms with Crippen LogP contribution in [0.1, 0.15) is 37.6 Å². The van der Waals surface area contributed by atoms with Crippen LogP contribution in [0.25, 0.3) is 28.3 Å². The highest BCUT2D eigenvalue weighted by atomic mass is 79.9. The number of hydrogen-bond acceptors (Lipinski definition) is 4. The Hall–Kier alpha value is -3.83. The van der Waals surface area contributed by atoms with Gasteiger partial charge in [-0.05, 0) is 68.3 Å². The Bertz CT molecular complexity index is 1470. The minimum atomic E-state index is -0.569. The Morgan fingerprint density at radius 3 is 2.66 bits per heavy atom. The van der Waals surface area contributed by atoms with Crippen LogP contribution in [-0.2, 0) is 17.8 Å². The van der Waals surface area contributed by atoms with Gasteiger partial charge in [-0.15, -0.1) is 0 Å². The number of ether oxygens (including phenoxy) is 1. The van der Waals surface area contributed by atoms with Crippen molar-refractivity contribution in [2.75, 3.05) is 0 Å². The SMILES string of the molecule is CC(C)(C)OC(=O)NCc1cnc2n1-c1ccc(Br)cc1Cn1cc(-c3ccc(C#N)cc3)cc1-2. The van der Waals surface area contributed by atoms with E-state index >= 15 is 0 Å². The average Bonchev–Trinajstić information content (AvgIpc) is 3.38. The fraction of sp³-hybridized carbons (Fsp3) is 0.222. The molecule has 3 heterocycles. The van der Waals surface area contributed by atoms with Gasteiger partial charge >= 0.3 is 6.09 Å². The number of nitriles is 1. The lowest BCUT2D eigenvalue weighted by Gasteiger charge is -2.20. The van der Waals surface area contributed by atoms with Crippen LogP contribution in [-0.4, -0.2) is 25.8 Å². The Labute approximate surface area is 212 Å². The summed E-state index contributed by atoms with van der Waals surface area (Å²) in [5, 5.41) is 12.0. The van der Waals surface area contributed by atoms with Gasteiger partial charge in [0.2, 0.25) is 0 Å². The first-order chi connectivity index (χ1) is 16.7. The van der Waals surface area contributed by atoms with E-state index in [9.17, 15) is 4.79 Å². The molecule has 7 nitrogen and oxygen atoms in total. The second kappa shape index (κ2) is 8.75. The molecule has 0 saturated heterocycles. The second-order valence-electron chi connectivity index (χ2n) is 9.47. The number of amides is 1. The van der Waals surface area contributed by atoms with Gasteiger partial charge in [0.1, 0.15) is 5.60 Å². The first kappa shape index (κ1) is 22.9. The smallest absolute Gasteiger partial charge is 0.407 e. The van der Waals surface area contributed by atoms with Crippen LogP contribution in [0.15, 0.2) is 65.4 Å². The summed E-state index contributed by atoms with van der Waals surface area (Å²) in [5.41, 5.74) is 6.10. The van der Waals surface area contributed by atoms with Crippen LogP contribution >= 0.6 is 15.9 Å². The second-order valence-corrected chi connectivity index (χ2v) is 10.4. The molecule has 1 aliphatic heterocycles. The molecular formula is C27H24BrN5O2.